The molecule has 3 aromatic heterocycles. The normalized spacial score (nSPS) is 11.0. The Bertz CT molecular complexity index is 1340. The molecule has 146 valence electrons. The Morgan fingerprint density at radius 1 is 1.17 bits per heavy atom. The van der Waals surface area contributed by atoms with Crippen molar-refractivity contribution in [2.24, 2.45) is 0 Å². The van der Waals surface area contributed by atoms with Crippen molar-refractivity contribution in [1.82, 2.24) is 19.3 Å². The molecule has 3 heterocycles. The fourth-order valence-electron chi connectivity index (χ4n) is 3.17. The number of aromatic amines is 1. The Hall–Kier alpha value is -3.65. The first-order chi connectivity index (χ1) is 14.0. The number of para-hydroxylation sites is 1. The van der Waals surface area contributed by atoms with E-state index in [9.17, 15) is 14.4 Å². The summed E-state index contributed by atoms with van der Waals surface area (Å²) in [6, 6.07) is 13.3. The van der Waals surface area contributed by atoms with Gasteiger partial charge in [-0.2, -0.15) is 0 Å². The van der Waals surface area contributed by atoms with Crippen molar-refractivity contribution < 1.29 is 4.79 Å². The smallest absolute Gasteiger partial charge is 0.280 e. The number of anilines is 1. The summed E-state index contributed by atoms with van der Waals surface area (Å²) < 4.78 is 2.55. The van der Waals surface area contributed by atoms with Gasteiger partial charge < -0.3 is 9.88 Å². The summed E-state index contributed by atoms with van der Waals surface area (Å²) in [5.74, 6) is -0.0396. The van der Waals surface area contributed by atoms with Crippen molar-refractivity contribution in [3.05, 3.63) is 86.2 Å². The molecule has 0 fully saturated rings. The number of aromatic nitrogens is 4. The van der Waals surface area contributed by atoms with Crippen molar-refractivity contribution in [2.45, 2.75) is 13.5 Å². The molecule has 1 amide bonds. The van der Waals surface area contributed by atoms with Crippen molar-refractivity contribution >= 4 is 34.2 Å². The first-order valence-electron chi connectivity index (χ1n) is 8.76. The van der Waals surface area contributed by atoms with E-state index in [4.69, 9.17) is 11.6 Å². The number of H-pyrrole nitrogens is 1. The third-order valence-electron chi connectivity index (χ3n) is 4.55. The van der Waals surface area contributed by atoms with Gasteiger partial charge in [-0.25, -0.2) is 9.67 Å². The second-order valence-electron chi connectivity index (χ2n) is 6.41. The van der Waals surface area contributed by atoms with E-state index in [0.29, 0.717) is 33.1 Å². The first kappa shape index (κ1) is 18.7. The standard InChI is InChI=1S/C20H16ClN5O3/c1-12-19-14(24-26(20(19)29)15-7-3-2-6-13(15)21)10-18(28)25(12)11-17(27)23-16-8-4-5-9-22-16/h2-10,24H,11H2,1H3,(H,22,23,27). The molecule has 29 heavy (non-hydrogen) atoms. The topological polar surface area (TPSA) is 102 Å². The summed E-state index contributed by atoms with van der Waals surface area (Å²) in [5.41, 5.74) is 0.472. The number of nitrogens with one attached hydrogen (secondary N) is 2. The van der Waals surface area contributed by atoms with Crippen molar-refractivity contribution in [1.29, 1.82) is 0 Å². The van der Waals surface area contributed by atoms with Gasteiger partial charge in [-0.15, -0.1) is 0 Å². The molecule has 4 rings (SSSR count). The van der Waals surface area contributed by atoms with Gasteiger partial charge in [0, 0.05) is 18.0 Å². The first-order valence-corrected chi connectivity index (χ1v) is 9.14. The second-order valence-corrected chi connectivity index (χ2v) is 6.82. The number of fused-ring (bicyclic) bond motifs is 1. The molecule has 0 saturated heterocycles. The fraction of sp³-hybridized carbons (Fsp3) is 0.100. The number of rotatable bonds is 4. The third kappa shape index (κ3) is 3.45. The van der Waals surface area contributed by atoms with Crippen molar-refractivity contribution in [3.8, 4) is 5.69 Å². The molecule has 0 bridgehead atoms. The van der Waals surface area contributed by atoms with Crippen LogP contribution in [0.3, 0.4) is 0 Å². The second kappa shape index (κ2) is 7.40. The third-order valence-corrected chi connectivity index (χ3v) is 4.87. The minimum atomic E-state index is -0.421. The highest BCUT2D eigenvalue weighted by molar-refractivity contribution is 6.32. The summed E-state index contributed by atoms with van der Waals surface area (Å²) >= 11 is 6.20. The number of hydrogen-bond donors (Lipinski definition) is 2. The fourth-order valence-corrected chi connectivity index (χ4v) is 3.39. The summed E-state index contributed by atoms with van der Waals surface area (Å²) in [4.78, 5) is 41.9. The number of halogens is 1. The van der Waals surface area contributed by atoms with Crippen LogP contribution in [0.15, 0.2) is 64.3 Å². The van der Waals surface area contributed by atoms with E-state index in [-0.39, 0.29) is 12.1 Å². The molecule has 8 nitrogen and oxygen atoms in total. The van der Waals surface area contributed by atoms with E-state index < -0.39 is 11.5 Å². The highest BCUT2D eigenvalue weighted by Gasteiger charge is 2.17. The number of pyridine rings is 2. The monoisotopic (exact) mass is 409 g/mol. The maximum atomic E-state index is 13.0. The van der Waals surface area contributed by atoms with Crippen molar-refractivity contribution in [3.63, 3.8) is 0 Å². The van der Waals surface area contributed by atoms with Crippen molar-refractivity contribution in [2.75, 3.05) is 5.32 Å². The largest absolute Gasteiger partial charge is 0.309 e. The van der Waals surface area contributed by atoms with Gasteiger partial charge >= 0.3 is 0 Å². The molecule has 0 saturated carbocycles. The van der Waals surface area contributed by atoms with Gasteiger partial charge in [-0.3, -0.25) is 19.5 Å². The highest BCUT2D eigenvalue weighted by atomic mass is 35.5. The highest BCUT2D eigenvalue weighted by Crippen LogP contribution is 2.20. The number of nitrogens with zero attached hydrogens (tertiary/aromatic N) is 3. The van der Waals surface area contributed by atoms with Crippen LogP contribution in [-0.2, 0) is 11.3 Å². The average molecular weight is 410 g/mol. The Morgan fingerprint density at radius 3 is 2.66 bits per heavy atom. The van der Waals surface area contributed by atoms with E-state index >= 15 is 0 Å². The van der Waals surface area contributed by atoms with E-state index in [1.807, 2.05) is 0 Å². The Morgan fingerprint density at radius 2 is 1.93 bits per heavy atom. The number of amides is 1. The number of carbonyl (C=O) groups is 1. The molecule has 0 aliphatic carbocycles. The van der Waals surface area contributed by atoms with Gasteiger partial charge in [0.1, 0.15) is 12.4 Å². The summed E-state index contributed by atoms with van der Waals surface area (Å²) in [5, 5.41) is 6.25. The van der Waals surface area contributed by atoms with Gasteiger partial charge in [-0.05, 0) is 31.2 Å². The quantitative estimate of drug-likeness (QED) is 0.540. The average Bonchev–Trinajstić information content (AvgIpc) is 3.02. The van der Waals surface area contributed by atoms with Crippen LogP contribution in [0.2, 0.25) is 5.02 Å². The molecular weight excluding hydrogens is 394 g/mol. The lowest BCUT2D eigenvalue weighted by molar-refractivity contribution is -0.116. The van der Waals surface area contributed by atoms with Crippen LogP contribution in [0.25, 0.3) is 16.6 Å². The summed E-state index contributed by atoms with van der Waals surface area (Å²) in [6.07, 6.45) is 1.55. The summed E-state index contributed by atoms with van der Waals surface area (Å²) in [7, 11) is 0. The minimum Gasteiger partial charge on any atom is -0.309 e. The predicted molar refractivity (Wildman–Crippen MR) is 111 cm³/mol. The lowest BCUT2D eigenvalue weighted by Gasteiger charge is -2.10. The molecule has 0 atom stereocenters. The Balaban J connectivity index is 1.76. The van der Waals surface area contributed by atoms with Crippen LogP contribution in [0.5, 0.6) is 0 Å². The molecule has 9 heteroatoms. The predicted octanol–water partition coefficient (Wildman–Crippen LogP) is 2.48. The molecule has 0 aliphatic rings. The van der Waals surface area contributed by atoms with E-state index in [1.54, 1.807) is 55.6 Å². The Labute approximate surface area is 169 Å². The van der Waals surface area contributed by atoms with Crippen LogP contribution < -0.4 is 16.4 Å². The molecule has 1 aromatic carbocycles. The molecule has 0 aliphatic heterocycles. The van der Waals surface area contributed by atoms with Crippen LogP contribution >= 0.6 is 11.6 Å². The minimum absolute atomic E-state index is 0.242. The van der Waals surface area contributed by atoms with E-state index in [2.05, 4.69) is 15.4 Å². The van der Waals surface area contributed by atoms with Gasteiger partial charge in [0.15, 0.2) is 0 Å². The van der Waals surface area contributed by atoms with Gasteiger partial charge in [0.05, 0.1) is 21.6 Å². The molecule has 0 radical (unpaired) electrons. The van der Waals surface area contributed by atoms with Crippen LogP contribution in [-0.4, -0.2) is 25.2 Å². The zero-order valence-electron chi connectivity index (χ0n) is 15.3. The zero-order chi connectivity index (χ0) is 20.5. The van der Waals surface area contributed by atoms with Gasteiger partial charge in [0.25, 0.3) is 11.1 Å². The molecule has 0 unspecified atom stereocenters. The van der Waals surface area contributed by atoms with Crippen LogP contribution in [0.4, 0.5) is 5.82 Å². The number of hydrogen-bond acceptors (Lipinski definition) is 4. The van der Waals surface area contributed by atoms with Crippen LogP contribution in [0.1, 0.15) is 5.69 Å². The summed E-state index contributed by atoms with van der Waals surface area (Å²) in [6.45, 7) is 1.39. The molecule has 0 spiro atoms. The van der Waals surface area contributed by atoms with Crippen LogP contribution in [0, 0.1) is 6.92 Å². The lowest BCUT2D eigenvalue weighted by Crippen LogP contribution is -2.29. The van der Waals surface area contributed by atoms with E-state index in [0.717, 1.165) is 0 Å². The maximum absolute atomic E-state index is 13.0. The molecular formula is C20H16ClN5O3. The zero-order valence-corrected chi connectivity index (χ0v) is 16.1. The Kier molecular flexibility index (Phi) is 4.77. The van der Waals surface area contributed by atoms with Gasteiger partial charge in [0.2, 0.25) is 5.91 Å². The molecule has 2 N–H and O–H groups in total. The SMILES string of the molecule is Cc1c2c(=O)n(-c3ccccc3Cl)[nH]c2cc(=O)n1CC(=O)Nc1ccccn1. The number of aryl methyl sites for hydroxylation is 1. The lowest BCUT2D eigenvalue weighted by atomic mass is 10.2. The number of benzene rings is 1. The van der Waals surface area contributed by atoms with E-state index in [1.165, 1.54) is 15.3 Å². The molecule has 4 aromatic rings. The number of carbonyl (C=O) groups excluding carboxylic acids is 1. The maximum Gasteiger partial charge on any atom is 0.280 e. The van der Waals surface area contributed by atoms with Gasteiger partial charge in [-0.1, -0.05) is 29.8 Å².